The quantitative estimate of drug-likeness (QED) is 0.362. The second-order valence-corrected chi connectivity index (χ2v) is 7.62. The zero-order valence-corrected chi connectivity index (χ0v) is 18.1. The molecule has 8 heteroatoms. The third-order valence-corrected chi connectivity index (χ3v) is 5.30. The van der Waals surface area contributed by atoms with Gasteiger partial charge in [-0.05, 0) is 31.5 Å². The minimum Gasteiger partial charge on any atom is -0.493 e. The maximum Gasteiger partial charge on any atom is 0.275 e. The summed E-state index contributed by atoms with van der Waals surface area (Å²) in [5, 5.41) is 5.61. The van der Waals surface area contributed by atoms with E-state index in [1.165, 1.54) is 15.4 Å². The average molecular weight is 409 g/mol. The van der Waals surface area contributed by atoms with E-state index in [1.54, 1.807) is 21.1 Å². The molecule has 0 unspecified atom stereocenters. The van der Waals surface area contributed by atoms with Crippen LogP contribution in [0, 0.1) is 0 Å². The van der Waals surface area contributed by atoms with Crippen LogP contribution < -0.4 is 29.9 Å². The number of benzene rings is 1. The molecule has 1 aliphatic heterocycles. The first kappa shape index (κ1) is 23.0. The molecule has 4 N–H and O–H groups in total. The highest BCUT2D eigenvalue weighted by Gasteiger charge is 2.26. The molecule has 1 aromatic carbocycles. The highest BCUT2D eigenvalue weighted by atomic mass is 16.5. The summed E-state index contributed by atoms with van der Waals surface area (Å²) in [4.78, 5) is 26.9. The van der Waals surface area contributed by atoms with Crippen LogP contribution in [0.1, 0.15) is 25.8 Å². The highest BCUT2D eigenvalue weighted by Crippen LogP contribution is 2.27. The lowest BCUT2D eigenvalue weighted by Gasteiger charge is -2.29. The van der Waals surface area contributed by atoms with Crippen molar-refractivity contribution < 1.29 is 28.9 Å². The fourth-order valence-corrected chi connectivity index (χ4v) is 3.58. The van der Waals surface area contributed by atoms with E-state index in [-0.39, 0.29) is 11.8 Å². The van der Waals surface area contributed by atoms with Gasteiger partial charge in [0.25, 0.3) is 5.91 Å². The number of quaternary nitrogens is 2. The van der Waals surface area contributed by atoms with Gasteiger partial charge in [0.1, 0.15) is 38.8 Å². The maximum atomic E-state index is 12.3. The van der Waals surface area contributed by atoms with Gasteiger partial charge in [-0.1, -0.05) is 6.92 Å². The van der Waals surface area contributed by atoms with E-state index >= 15 is 0 Å². The third-order valence-electron chi connectivity index (χ3n) is 5.30. The summed E-state index contributed by atoms with van der Waals surface area (Å²) in [6.45, 7) is 9.58. The van der Waals surface area contributed by atoms with Gasteiger partial charge in [-0.2, -0.15) is 0 Å². The molecule has 0 bridgehead atoms. The van der Waals surface area contributed by atoms with Crippen molar-refractivity contribution in [1.82, 2.24) is 10.6 Å². The predicted octanol–water partition coefficient (Wildman–Crippen LogP) is -1.98. The standard InChI is InChI=1S/C21H34N4O4/c1-5-8-22-21(27)16(2)23-20(26)15-25-11-9-24(10-12-25)14-17-6-7-18(28-3)19(13-17)29-4/h6-7,13,16H,5,8-12,14-15H2,1-4H3,(H,22,27)(H,23,26)/p+2/t16-/m0/s1. The Morgan fingerprint density at radius 1 is 1.07 bits per heavy atom. The van der Waals surface area contributed by atoms with Crippen molar-refractivity contribution in [3.8, 4) is 11.5 Å². The van der Waals surface area contributed by atoms with Gasteiger partial charge >= 0.3 is 0 Å². The average Bonchev–Trinajstić information content (AvgIpc) is 2.73. The number of rotatable bonds is 10. The second kappa shape index (κ2) is 11.6. The fraction of sp³-hybridized carbons (Fsp3) is 0.619. The van der Waals surface area contributed by atoms with E-state index in [9.17, 15) is 9.59 Å². The summed E-state index contributed by atoms with van der Waals surface area (Å²) < 4.78 is 10.7. The smallest absolute Gasteiger partial charge is 0.275 e. The molecule has 0 aromatic heterocycles. The van der Waals surface area contributed by atoms with Crippen molar-refractivity contribution in [3.63, 3.8) is 0 Å². The molecule has 1 saturated heterocycles. The van der Waals surface area contributed by atoms with Gasteiger partial charge in [-0.25, -0.2) is 0 Å². The lowest BCUT2D eigenvalue weighted by atomic mass is 10.1. The van der Waals surface area contributed by atoms with Crippen molar-refractivity contribution in [2.24, 2.45) is 0 Å². The number of hydrogen-bond acceptors (Lipinski definition) is 4. The molecule has 0 spiro atoms. The van der Waals surface area contributed by atoms with Crippen LogP contribution >= 0.6 is 0 Å². The van der Waals surface area contributed by atoms with Crippen LogP contribution in [0.5, 0.6) is 11.5 Å². The lowest BCUT2D eigenvalue weighted by Crippen LogP contribution is -3.28. The van der Waals surface area contributed by atoms with E-state index in [0.29, 0.717) is 13.1 Å². The molecule has 29 heavy (non-hydrogen) atoms. The molecular formula is C21H36N4O4+2. The van der Waals surface area contributed by atoms with Crippen LogP contribution in [0.15, 0.2) is 18.2 Å². The summed E-state index contributed by atoms with van der Waals surface area (Å²) in [6, 6.07) is 5.55. The number of carbonyl (C=O) groups is 2. The van der Waals surface area contributed by atoms with Crippen molar-refractivity contribution in [2.45, 2.75) is 32.9 Å². The number of ether oxygens (including phenoxy) is 2. The summed E-state index contributed by atoms with van der Waals surface area (Å²) in [5.41, 5.74) is 1.21. The Kier molecular flexibility index (Phi) is 9.21. The normalized spacial score (nSPS) is 19.9. The Hall–Kier alpha value is -2.32. The molecule has 1 heterocycles. The number of nitrogens with one attached hydrogen (secondary N) is 4. The van der Waals surface area contributed by atoms with Gasteiger partial charge in [0.2, 0.25) is 5.91 Å². The minimum atomic E-state index is -0.495. The molecule has 0 radical (unpaired) electrons. The van der Waals surface area contributed by atoms with Crippen LogP contribution in [0.25, 0.3) is 0 Å². The third kappa shape index (κ3) is 7.21. The fourth-order valence-electron chi connectivity index (χ4n) is 3.58. The van der Waals surface area contributed by atoms with Gasteiger partial charge in [0, 0.05) is 12.1 Å². The first-order valence-corrected chi connectivity index (χ1v) is 10.4. The van der Waals surface area contributed by atoms with E-state index in [2.05, 4.69) is 16.7 Å². The summed E-state index contributed by atoms with van der Waals surface area (Å²) in [5.74, 6) is 1.30. The van der Waals surface area contributed by atoms with Gasteiger partial charge < -0.3 is 29.9 Å². The topological polar surface area (TPSA) is 85.5 Å². The van der Waals surface area contributed by atoms with Crippen molar-refractivity contribution in [1.29, 1.82) is 0 Å². The number of piperazine rings is 1. The SMILES string of the molecule is CCCNC(=O)[C@H](C)NC(=O)C[NH+]1CC[NH+](Cc2ccc(OC)c(OC)c2)CC1. The molecular weight excluding hydrogens is 372 g/mol. The molecule has 8 nitrogen and oxygen atoms in total. The van der Waals surface area contributed by atoms with Crippen LogP contribution in [-0.4, -0.2) is 71.3 Å². The molecule has 2 rings (SSSR count). The van der Waals surface area contributed by atoms with Crippen LogP contribution in [-0.2, 0) is 16.1 Å². The Labute approximate surface area is 173 Å². The Bertz CT molecular complexity index is 675. The van der Waals surface area contributed by atoms with Crippen molar-refractivity contribution >= 4 is 11.8 Å². The van der Waals surface area contributed by atoms with Crippen LogP contribution in [0.2, 0.25) is 0 Å². The van der Waals surface area contributed by atoms with Crippen molar-refractivity contribution in [2.75, 3.05) is 53.5 Å². The maximum absolute atomic E-state index is 12.3. The minimum absolute atomic E-state index is 0.0671. The molecule has 1 atom stereocenters. The molecule has 1 aromatic rings. The van der Waals surface area contributed by atoms with E-state index in [0.717, 1.165) is 50.6 Å². The monoisotopic (exact) mass is 408 g/mol. The van der Waals surface area contributed by atoms with E-state index in [4.69, 9.17) is 9.47 Å². The zero-order valence-electron chi connectivity index (χ0n) is 18.1. The number of carbonyl (C=O) groups excluding carboxylic acids is 2. The molecule has 162 valence electrons. The second-order valence-electron chi connectivity index (χ2n) is 7.62. The number of amides is 2. The summed E-state index contributed by atoms with van der Waals surface area (Å²) in [7, 11) is 3.29. The largest absolute Gasteiger partial charge is 0.493 e. The first-order chi connectivity index (χ1) is 14.0. The summed E-state index contributed by atoms with van der Waals surface area (Å²) >= 11 is 0. The molecule has 0 aliphatic carbocycles. The van der Waals surface area contributed by atoms with Gasteiger partial charge in [-0.15, -0.1) is 0 Å². The van der Waals surface area contributed by atoms with E-state index < -0.39 is 6.04 Å². The Morgan fingerprint density at radius 2 is 1.72 bits per heavy atom. The summed E-state index contributed by atoms with van der Waals surface area (Å²) in [6.07, 6.45) is 0.881. The van der Waals surface area contributed by atoms with Crippen LogP contribution in [0.3, 0.4) is 0 Å². The first-order valence-electron chi connectivity index (χ1n) is 10.4. The molecule has 1 aliphatic rings. The van der Waals surface area contributed by atoms with E-state index in [1.807, 2.05) is 19.1 Å². The van der Waals surface area contributed by atoms with Gasteiger partial charge in [0.15, 0.2) is 18.0 Å². The Balaban J connectivity index is 1.75. The molecule has 0 saturated carbocycles. The van der Waals surface area contributed by atoms with Gasteiger partial charge in [0.05, 0.1) is 14.2 Å². The Morgan fingerprint density at radius 3 is 2.34 bits per heavy atom. The van der Waals surface area contributed by atoms with Gasteiger partial charge in [-0.3, -0.25) is 9.59 Å². The lowest BCUT2D eigenvalue weighted by molar-refractivity contribution is -1.02. The number of hydrogen-bond donors (Lipinski definition) is 4. The van der Waals surface area contributed by atoms with Crippen LogP contribution in [0.4, 0.5) is 0 Å². The number of methoxy groups -OCH3 is 2. The molecule has 1 fully saturated rings. The van der Waals surface area contributed by atoms with Crippen molar-refractivity contribution in [3.05, 3.63) is 23.8 Å². The predicted molar refractivity (Wildman–Crippen MR) is 110 cm³/mol. The zero-order chi connectivity index (χ0) is 21.2. The highest BCUT2D eigenvalue weighted by molar-refractivity contribution is 5.87. The molecule has 2 amide bonds.